The molecule has 1 aliphatic heterocycles. The first-order valence-electron chi connectivity index (χ1n) is 9.07. The molecule has 1 N–H and O–H groups in total. The van der Waals surface area contributed by atoms with Gasteiger partial charge in [0.25, 0.3) is 11.8 Å². The summed E-state index contributed by atoms with van der Waals surface area (Å²) in [5, 5.41) is 2.83. The maximum Gasteiger partial charge on any atom is 0.259 e. The van der Waals surface area contributed by atoms with Gasteiger partial charge in [0.1, 0.15) is 0 Å². The first kappa shape index (κ1) is 18.5. The molecule has 1 aliphatic rings. The van der Waals surface area contributed by atoms with Gasteiger partial charge in [-0.05, 0) is 35.9 Å². The molecule has 1 aromatic heterocycles. The number of nitrogens with zero attached hydrogens (tertiary/aromatic N) is 2. The van der Waals surface area contributed by atoms with E-state index < -0.39 is 0 Å². The summed E-state index contributed by atoms with van der Waals surface area (Å²) < 4.78 is 10.6. The summed E-state index contributed by atoms with van der Waals surface area (Å²) in [7, 11) is 1.68. The molecule has 3 aromatic rings. The number of ether oxygens (including phenoxy) is 2. The molecule has 7 nitrogen and oxygen atoms in total. The Kier molecular flexibility index (Phi) is 5.11. The molecule has 2 amide bonds. The number of carbonyl (C=O) groups excluding carboxylic acids is 2. The SMILES string of the molecule is CN(C(=O)c1cncc(C(=O)NCc2ccc3c(c2)OCO3)c1)c1ccccc1. The van der Waals surface area contributed by atoms with Gasteiger partial charge < -0.3 is 19.7 Å². The molecule has 2 heterocycles. The Morgan fingerprint density at radius 1 is 1.00 bits per heavy atom. The minimum absolute atomic E-state index is 0.203. The predicted molar refractivity (Wildman–Crippen MR) is 107 cm³/mol. The Morgan fingerprint density at radius 2 is 1.76 bits per heavy atom. The molecule has 146 valence electrons. The van der Waals surface area contributed by atoms with Gasteiger partial charge in [-0.15, -0.1) is 0 Å². The number of fused-ring (bicyclic) bond motifs is 1. The van der Waals surface area contributed by atoms with Gasteiger partial charge in [-0.2, -0.15) is 0 Å². The van der Waals surface area contributed by atoms with E-state index in [0.717, 1.165) is 11.3 Å². The molecule has 0 spiro atoms. The van der Waals surface area contributed by atoms with Crippen molar-refractivity contribution in [1.82, 2.24) is 10.3 Å². The van der Waals surface area contributed by atoms with Crippen LogP contribution in [0.5, 0.6) is 11.5 Å². The van der Waals surface area contributed by atoms with Crippen LogP contribution in [-0.4, -0.2) is 30.6 Å². The normalized spacial score (nSPS) is 11.8. The maximum absolute atomic E-state index is 12.7. The van der Waals surface area contributed by atoms with E-state index in [9.17, 15) is 9.59 Å². The van der Waals surface area contributed by atoms with Crippen LogP contribution >= 0.6 is 0 Å². The highest BCUT2D eigenvalue weighted by atomic mass is 16.7. The van der Waals surface area contributed by atoms with Gasteiger partial charge in [0.15, 0.2) is 11.5 Å². The average Bonchev–Trinajstić information content (AvgIpc) is 3.25. The van der Waals surface area contributed by atoms with Gasteiger partial charge in [0, 0.05) is 31.7 Å². The van der Waals surface area contributed by atoms with Gasteiger partial charge in [-0.3, -0.25) is 14.6 Å². The highest BCUT2D eigenvalue weighted by Crippen LogP contribution is 2.32. The van der Waals surface area contributed by atoms with E-state index in [-0.39, 0.29) is 18.6 Å². The summed E-state index contributed by atoms with van der Waals surface area (Å²) in [6, 6.07) is 16.3. The highest BCUT2D eigenvalue weighted by Gasteiger charge is 2.17. The lowest BCUT2D eigenvalue weighted by atomic mass is 10.1. The molecular weight excluding hydrogens is 370 g/mol. The Hall–Kier alpha value is -3.87. The zero-order chi connectivity index (χ0) is 20.2. The molecule has 0 atom stereocenters. The number of aromatic nitrogens is 1. The molecule has 0 bridgehead atoms. The van der Waals surface area contributed by atoms with Crippen molar-refractivity contribution < 1.29 is 19.1 Å². The van der Waals surface area contributed by atoms with E-state index in [1.165, 1.54) is 17.3 Å². The molecule has 0 saturated carbocycles. The van der Waals surface area contributed by atoms with E-state index in [1.807, 2.05) is 48.5 Å². The third kappa shape index (κ3) is 4.03. The van der Waals surface area contributed by atoms with Crippen LogP contribution in [0.1, 0.15) is 26.3 Å². The van der Waals surface area contributed by atoms with Crippen LogP contribution in [0.4, 0.5) is 5.69 Å². The van der Waals surface area contributed by atoms with Gasteiger partial charge in [0.2, 0.25) is 6.79 Å². The fraction of sp³-hybridized carbons (Fsp3) is 0.136. The lowest BCUT2D eigenvalue weighted by Gasteiger charge is -2.17. The van der Waals surface area contributed by atoms with Gasteiger partial charge >= 0.3 is 0 Å². The van der Waals surface area contributed by atoms with E-state index in [2.05, 4.69) is 10.3 Å². The number of hydrogen-bond donors (Lipinski definition) is 1. The fourth-order valence-electron chi connectivity index (χ4n) is 2.98. The fourth-order valence-corrected chi connectivity index (χ4v) is 2.98. The molecule has 0 unspecified atom stereocenters. The summed E-state index contributed by atoms with van der Waals surface area (Å²) in [5.41, 5.74) is 2.30. The standard InChI is InChI=1S/C22H19N3O4/c1-25(18-5-3-2-4-6-18)22(27)17-10-16(12-23-13-17)21(26)24-11-15-7-8-19-20(9-15)29-14-28-19/h2-10,12-13H,11,14H2,1H3,(H,24,26). The minimum Gasteiger partial charge on any atom is -0.454 e. The Morgan fingerprint density at radius 3 is 2.59 bits per heavy atom. The van der Waals surface area contributed by atoms with E-state index >= 15 is 0 Å². The van der Waals surface area contributed by atoms with E-state index in [4.69, 9.17) is 9.47 Å². The average molecular weight is 389 g/mol. The zero-order valence-electron chi connectivity index (χ0n) is 15.8. The zero-order valence-corrected chi connectivity index (χ0v) is 15.8. The summed E-state index contributed by atoms with van der Waals surface area (Å²) in [4.78, 5) is 30.8. The summed E-state index contributed by atoms with van der Waals surface area (Å²) in [6.07, 6.45) is 2.89. The van der Waals surface area contributed by atoms with Crippen molar-refractivity contribution in [2.24, 2.45) is 0 Å². The van der Waals surface area contributed by atoms with Crippen LogP contribution in [0.3, 0.4) is 0 Å². The van der Waals surface area contributed by atoms with E-state index in [0.29, 0.717) is 29.2 Å². The Balaban J connectivity index is 1.44. The van der Waals surface area contributed by atoms with Gasteiger partial charge in [-0.25, -0.2) is 0 Å². The maximum atomic E-state index is 12.7. The number of pyridine rings is 1. The number of amides is 2. The number of nitrogens with one attached hydrogen (secondary N) is 1. The van der Waals surface area contributed by atoms with Crippen LogP contribution in [0.2, 0.25) is 0 Å². The summed E-state index contributed by atoms with van der Waals surface area (Å²) in [5.74, 6) is 0.800. The second kappa shape index (κ2) is 8.02. The lowest BCUT2D eigenvalue weighted by Crippen LogP contribution is -2.27. The monoisotopic (exact) mass is 389 g/mol. The van der Waals surface area contributed by atoms with Crippen molar-refractivity contribution >= 4 is 17.5 Å². The first-order valence-corrected chi connectivity index (χ1v) is 9.07. The smallest absolute Gasteiger partial charge is 0.259 e. The quantitative estimate of drug-likeness (QED) is 0.726. The van der Waals surface area contributed by atoms with Crippen LogP contribution in [-0.2, 0) is 6.54 Å². The minimum atomic E-state index is -0.313. The number of rotatable bonds is 5. The summed E-state index contributed by atoms with van der Waals surface area (Å²) in [6.45, 7) is 0.520. The van der Waals surface area contributed by atoms with Crippen molar-refractivity contribution in [3.63, 3.8) is 0 Å². The van der Waals surface area contributed by atoms with Crippen LogP contribution < -0.4 is 19.7 Å². The molecule has 0 saturated heterocycles. The molecular formula is C22H19N3O4. The van der Waals surface area contributed by atoms with Crippen LogP contribution in [0, 0.1) is 0 Å². The number of hydrogen-bond acceptors (Lipinski definition) is 5. The number of benzene rings is 2. The predicted octanol–water partition coefficient (Wildman–Crippen LogP) is 3.02. The number of carbonyl (C=O) groups is 2. The van der Waals surface area contributed by atoms with Crippen LogP contribution in [0.25, 0.3) is 0 Å². The second-order valence-corrected chi connectivity index (χ2v) is 6.53. The van der Waals surface area contributed by atoms with Gasteiger partial charge in [-0.1, -0.05) is 24.3 Å². The van der Waals surface area contributed by atoms with Crippen molar-refractivity contribution in [1.29, 1.82) is 0 Å². The van der Waals surface area contributed by atoms with Crippen LogP contribution in [0.15, 0.2) is 67.0 Å². The number of para-hydroxylation sites is 1. The molecule has 0 radical (unpaired) electrons. The molecule has 29 heavy (non-hydrogen) atoms. The Labute approximate surface area is 167 Å². The molecule has 0 fully saturated rings. The molecule has 0 aliphatic carbocycles. The highest BCUT2D eigenvalue weighted by molar-refractivity contribution is 6.07. The third-order valence-corrected chi connectivity index (χ3v) is 4.59. The van der Waals surface area contributed by atoms with Crippen molar-refractivity contribution in [3.05, 3.63) is 83.7 Å². The van der Waals surface area contributed by atoms with Crippen molar-refractivity contribution in [2.75, 3.05) is 18.7 Å². The lowest BCUT2D eigenvalue weighted by molar-refractivity contribution is 0.0950. The first-order chi connectivity index (χ1) is 14.1. The molecule has 4 rings (SSSR count). The Bertz CT molecular complexity index is 1050. The third-order valence-electron chi connectivity index (χ3n) is 4.59. The molecule has 2 aromatic carbocycles. The van der Waals surface area contributed by atoms with Crippen molar-refractivity contribution in [2.45, 2.75) is 6.54 Å². The molecule has 7 heteroatoms. The second-order valence-electron chi connectivity index (χ2n) is 6.53. The largest absolute Gasteiger partial charge is 0.454 e. The topological polar surface area (TPSA) is 80.8 Å². The summed E-state index contributed by atoms with van der Waals surface area (Å²) >= 11 is 0. The number of anilines is 1. The van der Waals surface area contributed by atoms with Crippen molar-refractivity contribution in [3.8, 4) is 11.5 Å². The van der Waals surface area contributed by atoms with Gasteiger partial charge in [0.05, 0.1) is 11.1 Å². The van der Waals surface area contributed by atoms with E-state index in [1.54, 1.807) is 13.1 Å².